The highest BCUT2D eigenvalue weighted by Crippen LogP contribution is 2.51. The molecule has 0 heterocycles. The average Bonchev–Trinajstić information content (AvgIpc) is 2.64. The van der Waals surface area contributed by atoms with Gasteiger partial charge in [0, 0.05) is 0 Å². The van der Waals surface area contributed by atoms with E-state index in [1.807, 2.05) is 11.8 Å². The van der Waals surface area contributed by atoms with Crippen LogP contribution in [0.25, 0.3) is 0 Å². The Morgan fingerprint density at radius 1 is 1.58 bits per heavy atom. The largest absolute Gasteiger partial charge is 0.481 e. The van der Waals surface area contributed by atoms with Gasteiger partial charge in [0.15, 0.2) is 0 Å². The normalized spacial score (nSPS) is 19.6. The van der Waals surface area contributed by atoms with Crippen LogP contribution in [0.5, 0.6) is 0 Å². The predicted molar refractivity (Wildman–Crippen MR) is 51.5 cm³/mol. The molecule has 1 fully saturated rings. The van der Waals surface area contributed by atoms with Gasteiger partial charge >= 0.3 is 5.97 Å². The van der Waals surface area contributed by atoms with Crippen molar-refractivity contribution in [3.63, 3.8) is 0 Å². The van der Waals surface area contributed by atoms with Gasteiger partial charge in [0.1, 0.15) is 0 Å². The maximum Gasteiger partial charge on any atom is 0.303 e. The van der Waals surface area contributed by atoms with Crippen LogP contribution in [-0.4, -0.2) is 22.1 Å². The van der Waals surface area contributed by atoms with Crippen LogP contribution in [0.2, 0.25) is 0 Å². The summed E-state index contributed by atoms with van der Waals surface area (Å²) >= 11 is 1.88. The topological polar surface area (TPSA) is 37.3 Å². The zero-order valence-corrected chi connectivity index (χ0v) is 8.49. The molecule has 0 aliphatic heterocycles. The van der Waals surface area contributed by atoms with Crippen molar-refractivity contribution in [3.8, 4) is 0 Å². The van der Waals surface area contributed by atoms with E-state index in [9.17, 15) is 4.79 Å². The Balaban J connectivity index is 2.25. The minimum absolute atomic E-state index is 0.167. The Hall–Kier alpha value is -0.180. The molecule has 1 saturated carbocycles. The number of aliphatic carboxylic acids is 1. The molecule has 70 valence electrons. The molecule has 1 aliphatic rings. The molecule has 0 atom stereocenters. The van der Waals surface area contributed by atoms with E-state index in [0.29, 0.717) is 11.7 Å². The highest BCUT2D eigenvalue weighted by atomic mass is 32.2. The van der Waals surface area contributed by atoms with E-state index < -0.39 is 5.97 Å². The summed E-state index contributed by atoms with van der Waals surface area (Å²) in [6.45, 7) is 4.31. The molecule has 0 radical (unpaired) electrons. The quantitative estimate of drug-likeness (QED) is 0.719. The SMILES string of the molecule is CC(C)SCC1(CC(=O)O)CC1. The maximum atomic E-state index is 10.5. The minimum Gasteiger partial charge on any atom is -0.481 e. The molecule has 1 aliphatic carbocycles. The van der Waals surface area contributed by atoms with Crippen molar-refractivity contribution in [2.75, 3.05) is 5.75 Å². The van der Waals surface area contributed by atoms with Crippen molar-refractivity contribution in [2.24, 2.45) is 5.41 Å². The average molecular weight is 188 g/mol. The molecule has 0 aromatic carbocycles. The second-order valence-corrected chi connectivity index (χ2v) is 5.50. The molecule has 0 saturated heterocycles. The summed E-state index contributed by atoms with van der Waals surface area (Å²) in [5.41, 5.74) is 0.167. The van der Waals surface area contributed by atoms with Gasteiger partial charge in [0.2, 0.25) is 0 Å². The van der Waals surface area contributed by atoms with E-state index in [4.69, 9.17) is 5.11 Å². The van der Waals surface area contributed by atoms with Gasteiger partial charge in [-0.2, -0.15) is 11.8 Å². The van der Waals surface area contributed by atoms with Gasteiger partial charge in [-0.05, 0) is 29.3 Å². The Morgan fingerprint density at radius 2 is 2.17 bits per heavy atom. The van der Waals surface area contributed by atoms with Crippen molar-refractivity contribution < 1.29 is 9.90 Å². The molecule has 1 N–H and O–H groups in total. The number of thioether (sulfide) groups is 1. The smallest absolute Gasteiger partial charge is 0.303 e. The molecule has 3 heteroatoms. The zero-order chi connectivity index (χ0) is 9.19. The summed E-state index contributed by atoms with van der Waals surface area (Å²) in [4.78, 5) is 10.5. The highest BCUT2D eigenvalue weighted by molar-refractivity contribution is 7.99. The van der Waals surface area contributed by atoms with Gasteiger partial charge in [-0.3, -0.25) is 4.79 Å². The molecule has 0 aromatic heterocycles. The summed E-state index contributed by atoms with van der Waals surface area (Å²) in [6.07, 6.45) is 2.59. The first-order chi connectivity index (χ1) is 5.54. The fraction of sp³-hybridized carbons (Fsp3) is 0.889. The predicted octanol–water partition coefficient (Wildman–Crippen LogP) is 2.38. The lowest BCUT2D eigenvalue weighted by Crippen LogP contribution is -2.12. The van der Waals surface area contributed by atoms with Crippen LogP contribution in [0.15, 0.2) is 0 Å². The van der Waals surface area contributed by atoms with Crippen molar-refractivity contribution in [2.45, 2.75) is 38.4 Å². The third-order valence-electron chi connectivity index (χ3n) is 2.21. The molecule has 12 heavy (non-hydrogen) atoms. The van der Waals surface area contributed by atoms with E-state index in [-0.39, 0.29) is 5.41 Å². The Morgan fingerprint density at radius 3 is 2.50 bits per heavy atom. The van der Waals surface area contributed by atoms with Gasteiger partial charge in [0.25, 0.3) is 0 Å². The van der Waals surface area contributed by atoms with Crippen LogP contribution in [0.1, 0.15) is 33.1 Å². The summed E-state index contributed by atoms with van der Waals surface area (Å²) < 4.78 is 0. The fourth-order valence-corrected chi connectivity index (χ4v) is 2.29. The monoisotopic (exact) mass is 188 g/mol. The summed E-state index contributed by atoms with van der Waals surface area (Å²) in [5.74, 6) is 0.383. The summed E-state index contributed by atoms with van der Waals surface area (Å²) in [6, 6.07) is 0. The van der Waals surface area contributed by atoms with Gasteiger partial charge in [0.05, 0.1) is 6.42 Å². The van der Waals surface area contributed by atoms with Crippen molar-refractivity contribution in [3.05, 3.63) is 0 Å². The van der Waals surface area contributed by atoms with Crippen LogP contribution < -0.4 is 0 Å². The number of carboxylic acid groups (broad SMARTS) is 1. The Kier molecular flexibility index (Phi) is 3.04. The third-order valence-corrected chi connectivity index (χ3v) is 3.65. The molecular weight excluding hydrogens is 172 g/mol. The first-order valence-corrected chi connectivity index (χ1v) is 5.42. The number of carboxylic acids is 1. The molecule has 0 bridgehead atoms. The second kappa shape index (κ2) is 3.69. The lowest BCUT2D eigenvalue weighted by Gasteiger charge is -2.13. The zero-order valence-electron chi connectivity index (χ0n) is 7.67. The summed E-state index contributed by atoms with van der Waals surface area (Å²) in [5, 5.41) is 9.27. The van der Waals surface area contributed by atoms with E-state index >= 15 is 0 Å². The maximum absolute atomic E-state index is 10.5. The molecule has 0 spiro atoms. The number of hydrogen-bond acceptors (Lipinski definition) is 2. The van der Waals surface area contributed by atoms with Crippen LogP contribution in [0, 0.1) is 5.41 Å². The van der Waals surface area contributed by atoms with Gasteiger partial charge in [-0.1, -0.05) is 13.8 Å². The van der Waals surface area contributed by atoms with Crippen LogP contribution in [-0.2, 0) is 4.79 Å². The standard InChI is InChI=1S/C9H16O2S/c1-7(2)12-6-9(3-4-9)5-8(10)11/h7H,3-6H2,1-2H3,(H,10,11). The fourth-order valence-electron chi connectivity index (χ4n) is 1.21. The first kappa shape index (κ1) is 9.90. The van der Waals surface area contributed by atoms with Gasteiger partial charge in [-0.15, -0.1) is 0 Å². The molecular formula is C9H16O2S. The van der Waals surface area contributed by atoms with E-state index in [0.717, 1.165) is 18.6 Å². The second-order valence-electron chi connectivity index (χ2n) is 3.93. The highest BCUT2D eigenvalue weighted by Gasteiger charge is 2.44. The molecule has 0 amide bonds. The number of hydrogen-bond donors (Lipinski definition) is 1. The van der Waals surface area contributed by atoms with Gasteiger partial charge in [-0.25, -0.2) is 0 Å². The van der Waals surface area contributed by atoms with Crippen LogP contribution in [0.3, 0.4) is 0 Å². The first-order valence-electron chi connectivity index (χ1n) is 4.37. The number of carbonyl (C=O) groups is 1. The van der Waals surface area contributed by atoms with Crippen molar-refractivity contribution in [1.29, 1.82) is 0 Å². The van der Waals surface area contributed by atoms with E-state index in [1.165, 1.54) is 0 Å². The van der Waals surface area contributed by atoms with E-state index in [1.54, 1.807) is 0 Å². The number of rotatable bonds is 5. The van der Waals surface area contributed by atoms with Crippen LogP contribution in [0.4, 0.5) is 0 Å². The van der Waals surface area contributed by atoms with Gasteiger partial charge < -0.3 is 5.11 Å². The van der Waals surface area contributed by atoms with Crippen LogP contribution >= 0.6 is 11.8 Å². The lowest BCUT2D eigenvalue weighted by molar-refractivity contribution is -0.138. The summed E-state index contributed by atoms with van der Waals surface area (Å²) in [7, 11) is 0. The third kappa shape index (κ3) is 3.05. The molecule has 0 aromatic rings. The Bertz CT molecular complexity index is 173. The van der Waals surface area contributed by atoms with Crippen molar-refractivity contribution >= 4 is 17.7 Å². The van der Waals surface area contributed by atoms with Crippen molar-refractivity contribution in [1.82, 2.24) is 0 Å². The van der Waals surface area contributed by atoms with E-state index in [2.05, 4.69) is 13.8 Å². The minimum atomic E-state index is -0.642. The molecule has 1 rings (SSSR count). The Labute approximate surface area is 77.7 Å². The lowest BCUT2D eigenvalue weighted by atomic mass is 10.1. The molecule has 0 unspecified atom stereocenters. The molecule has 2 nitrogen and oxygen atoms in total.